The lowest BCUT2D eigenvalue weighted by Crippen LogP contribution is -2.41. The highest BCUT2D eigenvalue weighted by atomic mass is 16.5. The molecule has 1 amide bonds. The number of hydrogen-bond donors (Lipinski definition) is 2. The maximum atomic E-state index is 12.3. The van der Waals surface area contributed by atoms with Crippen LogP contribution in [0, 0.1) is 0 Å². The third-order valence-corrected chi connectivity index (χ3v) is 4.08. The highest BCUT2D eigenvalue weighted by molar-refractivity contribution is 5.92. The predicted molar refractivity (Wildman–Crippen MR) is 97.9 cm³/mol. The number of ether oxygens (including phenoxy) is 2. The van der Waals surface area contributed by atoms with E-state index in [1.54, 1.807) is 13.2 Å². The number of aromatic nitrogens is 2. The van der Waals surface area contributed by atoms with Crippen molar-refractivity contribution in [3.63, 3.8) is 0 Å². The minimum absolute atomic E-state index is 0.210. The number of nitrogens with one attached hydrogen (secondary N) is 2. The quantitative estimate of drug-likeness (QED) is 0.772. The fourth-order valence-electron chi connectivity index (χ4n) is 2.61. The molecule has 0 aliphatic carbocycles. The van der Waals surface area contributed by atoms with Crippen molar-refractivity contribution < 1.29 is 14.3 Å². The van der Waals surface area contributed by atoms with E-state index < -0.39 is 0 Å². The maximum absolute atomic E-state index is 12.3. The second-order valence-electron chi connectivity index (χ2n) is 5.85. The summed E-state index contributed by atoms with van der Waals surface area (Å²) in [6.07, 6.45) is 1.38. The van der Waals surface area contributed by atoms with E-state index in [9.17, 15) is 4.79 Å². The first kappa shape index (κ1) is 18.1. The van der Waals surface area contributed by atoms with Gasteiger partial charge in [-0.25, -0.2) is 9.97 Å². The van der Waals surface area contributed by atoms with Gasteiger partial charge in [0.1, 0.15) is 23.6 Å². The number of methoxy groups -OCH3 is 1. The molecule has 3 rings (SSSR count). The van der Waals surface area contributed by atoms with E-state index in [2.05, 4.69) is 25.5 Å². The minimum Gasteiger partial charge on any atom is -0.497 e. The number of benzene rings is 1. The largest absolute Gasteiger partial charge is 0.497 e. The molecule has 2 heterocycles. The molecule has 2 aromatic rings. The monoisotopic (exact) mass is 357 g/mol. The van der Waals surface area contributed by atoms with Crippen molar-refractivity contribution in [1.82, 2.24) is 20.2 Å². The van der Waals surface area contributed by atoms with Crippen molar-refractivity contribution in [2.24, 2.45) is 0 Å². The Labute approximate surface area is 152 Å². The summed E-state index contributed by atoms with van der Waals surface area (Å²) in [6.45, 7) is 4.68. The molecule has 1 aromatic heterocycles. The first-order valence-corrected chi connectivity index (χ1v) is 8.56. The first-order valence-electron chi connectivity index (χ1n) is 8.56. The van der Waals surface area contributed by atoms with E-state index in [0.717, 1.165) is 44.3 Å². The molecule has 8 heteroatoms. The fraction of sp³-hybridized carbons (Fsp3) is 0.389. The zero-order valence-corrected chi connectivity index (χ0v) is 14.8. The Morgan fingerprint density at radius 1 is 1.23 bits per heavy atom. The summed E-state index contributed by atoms with van der Waals surface area (Å²) in [4.78, 5) is 22.8. The van der Waals surface area contributed by atoms with Crippen LogP contribution < -0.4 is 15.4 Å². The number of amides is 1. The van der Waals surface area contributed by atoms with E-state index in [1.807, 2.05) is 24.3 Å². The first-order chi connectivity index (χ1) is 12.7. The van der Waals surface area contributed by atoms with Gasteiger partial charge in [-0.05, 0) is 24.3 Å². The third-order valence-electron chi connectivity index (χ3n) is 4.08. The molecule has 0 unspecified atom stereocenters. The molecule has 1 aromatic carbocycles. The summed E-state index contributed by atoms with van der Waals surface area (Å²) in [5, 5.41) is 6.05. The van der Waals surface area contributed by atoms with Crippen LogP contribution in [0.1, 0.15) is 10.5 Å². The molecular formula is C18H23N5O3. The molecule has 2 N–H and O–H groups in total. The Balaban J connectivity index is 1.52. The lowest BCUT2D eigenvalue weighted by molar-refractivity contribution is 0.0383. The summed E-state index contributed by atoms with van der Waals surface area (Å²) in [5.41, 5.74) is 1.18. The molecule has 0 spiro atoms. The van der Waals surface area contributed by atoms with Gasteiger partial charge in [-0.3, -0.25) is 9.69 Å². The number of morpholine rings is 1. The van der Waals surface area contributed by atoms with Crippen molar-refractivity contribution in [2.75, 3.05) is 51.8 Å². The Morgan fingerprint density at radius 3 is 2.73 bits per heavy atom. The standard InChI is InChI=1S/C18H23N5O3/c1-25-15-4-2-14(3-5-15)22-17-12-16(20-13-21-17)18(24)19-6-7-23-8-10-26-11-9-23/h2-5,12-13H,6-11H2,1H3,(H,19,24)(H,20,21,22). The van der Waals surface area contributed by atoms with E-state index in [-0.39, 0.29) is 5.91 Å². The number of anilines is 2. The zero-order valence-electron chi connectivity index (χ0n) is 14.8. The van der Waals surface area contributed by atoms with Crippen molar-refractivity contribution in [2.45, 2.75) is 0 Å². The lowest BCUT2D eigenvalue weighted by Gasteiger charge is -2.26. The number of hydrogen-bond acceptors (Lipinski definition) is 7. The van der Waals surface area contributed by atoms with Gasteiger partial charge in [0.05, 0.1) is 20.3 Å². The Morgan fingerprint density at radius 2 is 2.00 bits per heavy atom. The smallest absolute Gasteiger partial charge is 0.270 e. The van der Waals surface area contributed by atoms with Crippen LogP contribution in [-0.4, -0.2) is 67.3 Å². The van der Waals surface area contributed by atoms with Gasteiger partial charge in [0, 0.05) is 37.9 Å². The highest BCUT2D eigenvalue weighted by Crippen LogP contribution is 2.18. The molecule has 1 aliphatic rings. The maximum Gasteiger partial charge on any atom is 0.270 e. The van der Waals surface area contributed by atoms with Crippen LogP contribution in [0.4, 0.5) is 11.5 Å². The predicted octanol–water partition coefficient (Wildman–Crippen LogP) is 1.29. The van der Waals surface area contributed by atoms with Gasteiger partial charge >= 0.3 is 0 Å². The van der Waals surface area contributed by atoms with Gasteiger partial charge in [0.15, 0.2) is 0 Å². The van der Waals surface area contributed by atoms with E-state index in [1.165, 1.54) is 6.33 Å². The summed E-state index contributed by atoms with van der Waals surface area (Å²) in [6, 6.07) is 9.09. The van der Waals surface area contributed by atoms with Gasteiger partial charge in [0.25, 0.3) is 5.91 Å². The van der Waals surface area contributed by atoms with E-state index >= 15 is 0 Å². The average molecular weight is 357 g/mol. The van der Waals surface area contributed by atoms with Gasteiger partial charge in [-0.2, -0.15) is 0 Å². The number of carbonyl (C=O) groups excluding carboxylic acids is 1. The molecule has 0 radical (unpaired) electrons. The molecule has 8 nitrogen and oxygen atoms in total. The molecule has 1 saturated heterocycles. The summed E-state index contributed by atoms with van der Waals surface area (Å²) < 4.78 is 10.4. The van der Waals surface area contributed by atoms with Crippen LogP contribution >= 0.6 is 0 Å². The second-order valence-corrected chi connectivity index (χ2v) is 5.85. The van der Waals surface area contributed by atoms with Crippen LogP contribution in [0.25, 0.3) is 0 Å². The Bertz CT molecular complexity index is 717. The Hall–Kier alpha value is -2.71. The van der Waals surface area contributed by atoms with E-state index in [0.29, 0.717) is 18.1 Å². The number of carbonyl (C=O) groups is 1. The summed E-state index contributed by atoms with van der Waals surface area (Å²) in [7, 11) is 1.62. The van der Waals surface area contributed by atoms with Crippen LogP contribution in [0.15, 0.2) is 36.7 Å². The van der Waals surface area contributed by atoms with Crippen LogP contribution in [0.5, 0.6) is 5.75 Å². The molecule has 26 heavy (non-hydrogen) atoms. The number of rotatable bonds is 7. The molecule has 1 aliphatic heterocycles. The fourth-order valence-corrected chi connectivity index (χ4v) is 2.61. The topological polar surface area (TPSA) is 88.6 Å². The van der Waals surface area contributed by atoms with Crippen LogP contribution in [0.3, 0.4) is 0 Å². The van der Waals surface area contributed by atoms with Crippen LogP contribution in [0.2, 0.25) is 0 Å². The average Bonchev–Trinajstić information content (AvgIpc) is 2.69. The second kappa shape index (κ2) is 9.12. The molecule has 0 saturated carbocycles. The molecular weight excluding hydrogens is 334 g/mol. The van der Waals surface area contributed by atoms with Gasteiger partial charge in [-0.15, -0.1) is 0 Å². The van der Waals surface area contributed by atoms with Gasteiger partial charge in [0.2, 0.25) is 0 Å². The minimum atomic E-state index is -0.210. The van der Waals surface area contributed by atoms with Crippen molar-refractivity contribution in [1.29, 1.82) is 0 Å². The zero-order chi connectivity index (χ0) is 18.2. The van der Waals surface area contributed by atoms with Crippen LogP contribution in [-0.2, 0) is 4.74 Å². The van der Waals surface area contributed by atoms with Gasteiger partial charge in [-0.1, -0.05) is 0 Å². The molecule has 1 fully saturated rings. The number of nitrogens with zero attached hydrogens (tertiary/aromatic N) is 3. The summed E-state index contributed by atoms with van der Waals surface area (Å²) in [5.74, 6) is 1.13. The molecule has 138 valence electrons. The SMILES string of the molecule is COc1ccc(Nc2cc(C(=O)NCCN3CCOCC3)ncn2)cc1. The lowest BCUT2D eigenvalue weighted by atomic mass is 10.3. The molecule has 0 atom stereocenters. The highest BCUT2D eigenvalue weighted by Gasteiger charge is 2.12. The van der Waals surface area contributed by atoms with Crippen molar-refractivity contribution in [3.8, 4) is 5.75 Å². The van der Waals surface area contributed by atoms with E-state index in [4.69, 9.17) is 9.47 Å². The third kappa shape index (κ3) is 5.14. The van der Waals surface area contributed by atoms with Crippen molar-refractivity contribution in [3.05, 3.63) is 42.4 Å². The molecule has 0 bridgehead atoms. The summed E-state index contributed by atoms with van der Waals surface area (Å²) >= 11 is 0. The van der Waals surface area contributed by atoms with Gasteiger partial charge < -0.3 is 20.1 Å². The normalized spacial score (nSPS) is 14.7. The van der Waals surface area contributed by atoms with Crippen molar-refractivity contribution >= 4 is 17.4 Å². The Kier molecular flexibility index (Phi) is 6.34.